The fraction of sp³-hybridized carbons (Fsp3) is 0.250. The van der Waals surface area contributed by atoms with E-state index in [1.807, 2.05) is 25.3 Å². The number of hydrogen-bond acceptors (Lipinski definition) is 9. The summed E-state index contributed by atoms with van der Waals surface area (Å²) in [6.45, 7) is 4.45. The van der Waals surface area contributed by atoms with E-state index in [1.165, 1.54) is 30.5 Å². The molecular formula is C28H27N3O7S. The second-order valence-electron chi connectivity index (χ2n) is 8.49. The Kier molecular flexibility index (Phi) is 7.16. The third kappa shape index (κ3) is 4.54. The number of imidazole rings is 1. The van der Waals surface area contributed by atoms with Crippen LogP contribution < -0.4 is 23.8 Å². The summed E-state index contributed by atoms with van der Waals surface area (Å²) in [5.74, 6) is -0.0118. The Labute approximate surface area is 228 Å². The maximum atomic E-state index is 13.5. The number of rotatable bonds is 9. The minimum atomic E-state index is -0.921. The Morgan fingerprint density at radius 3 is 2.44 bits per heavy atom. The number of ketones is 1. The van der Waals surface area contributed by atoms with E-state index in [0.29, 0.717) is 52.1 Å². The first-order valence-corrected chi connectivity index (χ1v) is 13.2. The van der Waals surface area contributed by atoms with Crippen molar-refractivity contribution in [3.05, 3.63) is 63.9 Å². The molecule has 1 fully saturated rings. The molecule has 0 radical (unpaired) electrons. The largest absolute Gasteiger partial charge is 0.507 e. The molecular weight excluding hydrogens is 522 g/mol. The van der Waals surface area contributed by atoms with Crippen molar-refractivity contribution in [1.29, 1.82) is 0 Å². The predicted molar refractivity (Wildman–Crippen MR) is 147 cm³/mol. The molecule has 0 aliphatic carbocycles. The zero-order valence-corrected chi connectivity index (χ0v) is 22.6. The van der Waals surface area contributed by atoms with Gasteiger partial charge in [0.1, 0.15) is 23.3 Å². The van der Waals surface area contributed by atoms with Crippen molar-refractivity contribution in [2.24, 2.45) is 0 Å². The summed E-state index contributed by atoms with van der Waals surface area (Å²) >= 11 is 1.36. The van der Waals surface area contributed by atoms with Gasteiger partial charge >= 0.3 is 5.91 Å². The number of methoxy groups -OCH3 is 2. The number of carbonyl (C=O) groups excluding carboxylic acids is 2. The van der Waals surface area contributed by atoms with Crippen LogP contribution in [0.2, 0.25) is 0 Å². The van der Waals surface area contributed by atoms with Crippen molar-refractivity contribution in [3.8, 4) is 23.0 Å². The van der Waals surface area contributed by atoms with Gasteiger partial charge in [0.25, 0.3) is 5.78 Å². The van der Waals surface area contributed by atoms with Gasteiger partial charge in [-0.15, -0.1) is 11.3 Å². The van der Waals surface area contributed by atoms with Crippen molar-refractivity contribution in [2.75, 3.05) is 32.3 Å². The zero-order chi connectivity index (χ0) is 27.7. The van der Waals surface area contributed by atoms with E-state index >= 15 is 0 Å². The highest BCUT2D eigenvalue weighted by atomic mass is 32.1. The summed E-state index contributed by atoms with van der Waals surface area (Å²) in [6, 6.07) is 11.0. The van der Waals surface area contributed by atoms with E-state index < -0.39 is 17.7 Å². The lowest BCUT2D eigenvalue weighted by Crippen LogP contribution is -2.30. The SMILES string of the molecule is CCOc1ccc(/C(O)=C2\C(=O)C(=O)N(c3nc4cc(OC)c(OC)cc4[nH]3)C2c2cccs2)c(OCC)c1. The fourth-order valence-electron chi connectivity index (χ4n) is 4.58. The summed E-state index contributed by atoms with van der Waals surface area (Å²) in [5, 5.41) is 13.4. The van der Waals surface area contributed by atoms with Crippen LogP contribution in [0, 0.1) is 0 Å². The van der Waals surface area contributed by atoms with Crippen LogP contribution >= 0.6 is 11.3 Å². The predicted octanol–water partition coefficient (Wildman–Crippen LogP) is 5.07. The number of thiophene rings is 1. The molecule has 1 atom stereocenters. The molecule has 1 amide bonds. The minimum absolute atomic E-state index is 0.0665. The smallest absolute Gasteiger partial charge is 0.302 e. The standard InChI is InChI=1S/C28H27N3O7S/c1-5-37-15-9-10-16(19(12-15)38-6-2)25(32)23-24(22-8-7-11-39-22)31(27(34)26(23)33)28-29-17-13-20(35-3)21(36-4)14-18(17)30-28/h7-14,24,32H,5-6H2,1-4H3,(H,29,30)/b25-23+. The molecule has 202 valence electrons. The van der Waals surface area contributed by atoms with Crippen molar-refractivity contribution in [1.82, 2.24) is 9.97 Å². The molecule has 0 bridgehead atoms. The van der Waals surface area contributed by atoms with E-state index in [0.717, 1.165) is 0 Å². The number of nitrogens with one attached hydrogen (secondary N) is 1. The van der Waals surface area contributed by atoms with Gasteiger partial charge in [0.05, 0.1) is 49.6 Å². The molecule has 2 N–H and O–H groups in total. The van der Waals surface area contributed by atoms with Gasteiger partial charge in [-0.05, 0) is 37.4 Å². The second kappa shape index (κ2) is 10.7. The normalized spacial score (nSPS) is 16.6. The topological polar surface area (TPSA) is 123 Å². The number of benzene rings is 2. The van der Waals surface area contributed by atoms with Crippen molar-refractivity contribution in [3.63, 3.8) is 0 Å². The summed E-state index contributed by atoms with van der Waals surface area (Å²) < 4.78 is 22.1. The Morgan fingerprint density at radius 2 is 1.77 bits per heavy atom. The number of aliphatic hydroxyl groups is 1. The van der Waals surface area contributed by atoms with E-state index in [2.05, 4.69) is 9.97 Å². The van der Waals surface area contributed by atoms with E-state index in [1.54, 1.807) is 36.4 Å². The molecule has 4 aromatic rings. The lowest BCUT2D eigenvalue weighted by Gasteiger charge is -2.22. The number of nitrogens with zero attached hydrogens (tertiary/aromatic N) is 2. The van der Waals surface area contributed by atoms with Crippen LogP contribution in [0.5, 0.6) is 23.0 Å². The number of H-pyrrole nitrogens is 1. The maximum absolute atomic E-state index is 13.5. The molecule has 3 heterocycles. The quantitative estimate of drug-likeness (QED) is 0.169. The summed E-state index contributed by atoms with van der Waals surface area (Å²) in [4.78, 5) is 36.7. The van der Waals surface area contributed by atoms with Crippen LogP contribution in [0.4, 0.5) is 5.95 Å². The highest BCUT2D eigenvalue weighted by Crippen LogP contribution is 2.45. The average molecular weight is 550 g/mol. The van der Waals surface area contributed by atoms with Crippen LogP contribution in [-0.2, 0) is 9.59 Å². The highest BCUT2D eigenvalue weighted by molar-refractivity contribution is 7.10. The number of aliphatic hydroxyl groups excluding tert-OH is 1. The first kappa shape index (κ1) is 26.1. The number of amides is 1. The molecule has 0 saturated carbocycles. The summed E-state index contributed by atoms with van der Waals surface area (Å²) in [5.41, 5.74) is 1.31. The molecule has 10 nitrogen and oxygen atoms in total. The number of carbonyl (C=O) groups is 2. The Balaban J connectivity index is 1.68. The molecule has 1 saturated heterocycles. The van der Waals surface area contributed by atoms with Crippen LogP contribution in [0.3, 0.4) is 0 Å². The lowest BCUT2D eigenvalue weighted by atomic mass is 9.99. The molecule has 2 aromatic heterocycles. The van der Waals surface area contributed by atoms with Crippen LogP contribution in [0.1, 0.15) is 30.3 Å². The number of Topliss-reactive ketones (excluding diaryl/α,β-unsaturated/α-hetero) is 1. The average Bonchev–Trinajstić information content (AvgIpc) is 3.66. The van der Waals surface area contributed by atoms with Gasteiger partial charge in [0, 0.05) is 23.1 Å². The van der Waals surface area contributed by atoms with Crippen LogP contribution in [0.25, 0.3) is 16.8 Å². The Bertz CT molecular complexity index is 1530. The molecule has 11 heteroatoms. The number of aromatic amines is 1. The maximum Gasteiger partial charge on any atom is 0.302 e. The molecule has 39 heavy (non-hydrogen) atoms. The number of anilines is 1. The molecule has 0 spiro atoms. The first-order chi connectivity index (χ1) is 18.9. The third-order valence-electron chi connectivity index (χ3n) is 6.28. The highest BCUT2D eigenvalue weighted by Gasteiger charge is 2.49. The van der Waals surface area contributed by atoms with Gasteiger partial charge in [0.15, 0.2) is 11.5 Å². The van der Waals surface area contributed by atoms with Gasteiger partial charge in [0.2, 0.25) is 5.95 Å². The number of fused-ring (bicyclic) bond motifs is 1. The van der Waals surface area contributed by atoms with E-state index in [4.69, 9.17) is 18.9 Å². The van der Waals surface area contributed by atoms with E-state index in [-0.39, 0.29) is 22.8 Å². The minimum Gasteiger partial charge on any atom is -0.507 e. The molecule has 5 rings (SSSR count). The van der Waals surface area contributed by atoms with Crippen molar-refractivity contribution < 1.29 is 33.6 Å². The molecule has 1 aliphatic rings. The van der Waals surface area contributed by atoms with Gasteiger partial charge < -0.3 is 29.0 Å². The Hall–Kier alpha value is -4.51. The van der Waals surface area contributed by atoms with Gasteiger partial charge in [-0.2, -0.15) is 0 Å². The summed E-state index contributed by atoms with van der Waals surface area (Å²) in [7, 11) is 3.04. The summed E-state index contributed by atoms with van der Waals surface area (Å²) in [6.07, 6.45) is 0. The molecule has 1 unspecified atom stereocenters. The monoisotopic (exact) mass is 549 g/mol. The first-order valence-electron chi connectivity index (χ1n) is 12.3. The van der Waals surface area contributed by atoms with Gasteiger partial charge in [-0.25, -0.2) is 4.98 Å². The number of hydrogen-bond donors (Lipinski definition) is 2. The van der Waals surface area contributed by atoms with Crippen LogP contribution in [-0.4, -0.2) is 54.2 Å². The number of ether oxygens (including phenoxy) is 4. The van der Waals surface area contributed by atoms with E-state index in [9.17, 15) is 14.7 Å². The molecule has 2 aromatic carbocycles. The van der Waals surface area contributed by atoms with Crippen molar-refractivity contribution >= 4 is 45.8 Å². The fourth-order valence-corrected chi connectivity index (χ4v) is 5.40. The lowest BCUT2D eigenvalue weighted by molar-refractivity contribution is -0.132. The van der Waals surface area contributed by atoms with Crippen molar-refractivity contribution in [2.45, 2.75) is 19.9 Å². The second-order valence-corrected chi connectivity index (χ2v) is 9.47. The zero-order valence-electron chi connectivity index (χ0n) is 21.8. The number of aromatic nitrogens is 2. The molecule has 1 aliphatic heterocycles. The van der Waals surface area contributed by atoms with Crippen LogP contribution in [0.15, 0.2) is 53.4 Å². The Morgan fingerprint density at radius 1 is 1.03 bits per heavy atom. The van der Waals surface area contributed by atoms with Gasteiger partial charge in [-0.3, -0.25) is 14.5 Å². The third-order valence-corrected chi connectivity index (χ3v) is 7.20. The van der Waals surface area contributed by atoms with Gasteiger partial charge in [-0.1, -0.05) is 6.07 Å².